The van der Waals surface area contributed by atoms with Gasteiger partial charge in [0.05, 0.1) is 23.8 Å². The molecule has 0 aliphatic heterocycles. The molecule has 1 aromatic carbocycles. The van der Waals surface area contributed by atoms with Crippen LogP contribution in [0.2, 0.25) is 0 Å². The third-order valence-electron chi connectivity index (χ3n) is 4.20. The van der Waals surface area contributed by atoms with Crippen LogP contribution in [0.15, 0.2) is 40.7 Å². The normalized spacial score (nSPS) is 11.6. The van der Waals surface area contributed by atoms with E-state index in [1.807, 2.05) is 43.7 Å². The predicted octanol–water partition coefficient (Wildman–Crippen LogP) is 2.37. The minimum Gasteiger partial charge on any atom is -0.356 e. The lowest BCUT2D eigenvalue weighted by Gasteiger charge is -2.12. The first-order valence-corrected chi connectivity index (χ1v) is 9.82. The maximum absolute atomic E-state index is 4.70. The molecule has 3 rings (SSSR count). The molecule has 0 radical (unpaired) electrons. The average molecular weight is 384 g/mol. The van der Waals surface area contributed by atoms with Crippen molar-refractivity contribution in [2.45, 2.75) is 33.4 Å². The van der Waals surface area contributed by atoms with E-state index in [0.29, 0.717) is 13.1 Å². The Labute approximate surface area is 163 Å². The van der Waals surface area contributed by atoms with Crippen LogP contribution in [0.3, 0.4) is 0 Å². The summed E-state index contributed by atoms with van der Waals surface area (Å²) in [5.74, 6) is 2.52. The van der Waals surface area contributed by atoms with Gasteiger partial charge in [0.1, 0.15) is 5.82 Å². The SMILES string of the molecule is Cc1nc(CCNC(=NCc2ccccc2)NCc2nnc(C)n2C)cs1. The van der Waals surface area contributed by atoms with Gasteiger partial charge in [-0.05, 0) is 19.4 Å². The molecule has 0 unspecified atom stereocenters. The highest BCUT2D eigenvalue weighted by molar-refractivity contribution is 7.09. The number of thiazole rings is 1. The van der Waals surface area contributed by atoms with Crippen molar-refractivity contribution in [2.75, 3.05) is 6.54 Å². The second-order valence-corrected chi connectivity index (χ2v) is 7.32. The standard InChI is InChI=1S/C19H25N7S/c1-14-24-25-18(26(14)3)12-22-19(21-11-16-7-5-4-6-8-16)20-10-9-17-13-27-15(2)23-17/h4-8,13H,9-12H2,1-3H3,(H2,20,21,22). The highest BCUT2D eigenvalue weighted by Gasteiger charge is 2.07. The van der Waals surface area contributed by atoms with Gasteiger partial charge in [0, 0.05) is 25.4 Å². The van der Waals surface area contributed by atoms with Crippen molar-refractivity contribution in [2.24, 2.45) is 12.0 Å². The molecule has 0 saturated heterocycles. The van der Waals surface area contributed by atoms with Crippen molar-refractivity contribution in [3.05, 3.63) is 63.6 Å². The Kier molecular flexibility index (Phi) is 6.54. The molecule has 0 saturated carbocycles. The highest BCUT2D eigenvalue weighted by Crippen LogP contribution is 2.07. The fourth-order valence-corrected chi connectivity index (χ4v) is 3.17. The topological polar surface area (TPSA) is 80.0 Å². The zero-order valence-electron chi connectivity index (χ0n) is 15.9. The molecular formula is C19H25N7S. The van der Waals surface area contributed by atoms with Crippen LogP contribution in [0.25, 0.3) is 0 Å². The number of aryl methyl sites for hydroxylation is 2. The number of hydrogen-bond donors (Lipinski definition) is 2. The van der Waals surface area contributed by atoms with Crippen molar-refractivity contribution < 1.29 is 0 Å². The third kappa shape index (κ3) is 5.62. The largest absolute Gasteiger partial charge is 0.356 e. The number of nitrogens with zero attached hydrogens (tertiary/aromatic N) is 5. The monoisotopic (exact) mass is 383 g/mol. The smallest absolute Gasteiger partial charge is 0.191 e. The van der Waals surface area contributed by atoms with Gasteiger partial charge in [-0.25, -0.2) is 9.98 Å². The van der Waals surface area contributed by atoms with Gasteiger partial charge in [0.25, 0.3) is 0 Å². The van der Waals surface area contributed by atoms with Crippen LogP contribution in [0, 0.1) is 13.8 Å². The minimum absolute atomic E-state index is 0.563. The summed E-state index contributed by atoms with van der Waals surface area (Å²) in [6, 6.07) is 10.2. The van der Waals surface area contributed by atoms with Crippen LogP contribution in [0.1, 0.15) is 27.9 Å². The molecule has 2 N–H and O–H groups in total. The summed E-state index contributed by atoms with van der Waals surface area (Å²) in [4.78, 5) is 9.21. The number of nitrogens with one attached hydrogen (secondary N) is 2. The Balaban J connectivity index is 1.61. The van der Waals surface area contributed by atoms with Gasteiger partial charge in [-0.1, -0.05) is 30.3 Å². The average Bonchev–Trinajstić information content (AvgIpc) is 3.24. The molecule has 0 aliphatic carbocycles. The Bertz CT molecular complexity index is 883. The van der Waals surface area contributed by atoms with E-state index in [2.05, 4.69) is 43.3 Å². The Morgan fingerprint density at radius 1 is 1.15 bits per heavy atom. The summed E-state index contributed by atoms with van der Waals surface area (Å²) in [5, 5.41) is 18.2. The van der Waals surface area contributed by atoms with Crippen LogP contribution in [-0.4, -0.2) is 32.3 Å². The van der Waals surface area contributed by atoms with E-state index >= 15 is 0 Å². The van der Waals surface area contributed by atoms with Gasteiger partial charge in [-0.2, -0.15) is 0 Å². The van der Waals surface area contributed by atoms with Crippen LogP contribution in [0.4, 0.5) is 0 Å². The van der Waals surface area contributed by atoms with Crippen molar-refractivity contribution in [1.82, 2.24) is 30.4 Å². The molecule has 8 heteroatoms. The summed E-state index contributed by atoms with van der Waals surface area (Å²) in [6.07, 6.45) is 0.861. The maximum atomic E-state index is 4.70. The second-order valence-electron chi connectivity index (χ2n) is 6.26. The number of rotatable bonds is 7. The molecule has 0 spiro atoms. The Morgan fingerprint density at radius 2 is 1.96 bits per heavy atom. The lowest BCUT2D eigenvalue weighted by Crippen LogP contribution is -2.38. The second kappa shape index (κ2) is 9.27. The summed E-state index contributed by atoms with van der Waals surface area (Å²) in [6.45, 7) is 5.91. The lowest BCUT2D eigenvalue weighted by atomic mass is 10.2. The Hall–Kier alpha value is -2.74. The highest BCUT2D eigenvalue weighted by atomic mass is 32.1. The van der Waals surface area contributed by atoms with Gasteiger partial charge in [0.2, 0.25) is 0 Å². The molecule has 0 atom stereocenters. The molecule has 7 nitrogen and oxygen atoms in total. The van der Waals surface area contributed by atoms with E-state index in [9.17, 15) is 0 Å². The molecule has 3 aromatic rings. The molecule has 0 amide bonds. The Morgan fingerprint density at radius 3 is 2.63 bits per heavy atom. The fraction of sp³-hybridized carbons (Fsp3) is 0.368. The summed E-state index contributed by atoms with van der Waals surface area (Å²) < 4.78 is 1.97. The molecule has 0 bridgehead atoms. The summed E-state index contributed by atoms with van der Waals surface area (Å²) in [5.41, 5.74) is 2.28. The number of hydrogen-bond acceptors (Lipinski definition) is 5. The summed E-state index contributed by atoms with van der Waals surface area (Å²) >= 11 is 1.68. The van der Waals surface area contributed by atoms with Gasteiger partial charge in [-0.3, -0.25) is 0 Å². The first-order valence-electron chi connectivity index (χ1n) is 8.94. The van der Waals surface area contributed by atoms with E-state index in [1.165, 1.54) is 5.56 Å². The molecule has 0 aliphatic rings. The number of benzene rings is 1. The van der Waals surface area contributed by atoms with Gasteiger partial charge >= 0.3 is 0 Å². The predicted molar refractivity (Wildman–Crippen MR) is 109 cm³/mol. The number of aromatic nitrogens is 4. The third-order valence-corrected chi connectivity index (χ3v) is 5.02. The molecule has 2 aromatic heterocycles. The minimum atomic E-state index is 0.563. The molecule has 27 heavy (non-hydrogen) atoms. The summed E-state index contributed by atoms with van der Waals surface area (Å²) in [7, 11) is 1.96. The van der Waals surface area contributed by atoms with E-state index < -0.39 is 0 Å². The van der Waals surface area contributed by atoms with Crippen LogP contribution in [-0.2, 0) is 26.6 Å². The van der Waals surface area contributed by atoms with E-state index in [1.54, 1.807) is 11.3 Å². The van der Waals surface area contributed by atoms with Gasteiger partial charge in [-0.15, -0.1) is 21.5 Å². The fourth-order valence-electron chi connectivity index (χ4n) is 2.53. The van der Waals surface area contributed by atoms with Gasteiger partial charge < -0.3 is 15.2 Å². The van der Waals surface area contributed by atoms with E-state index in [-0.39, 0.29) is 0 Å². The number of aliphatic imine (C=N–C) groups is 1. The quantitative estimate of drug-likeness (QED) is 0.484. The van der Waals surface area contributed by atoms with Crippen molar-refractivity contribution in [3.63, 3.8) is 0 Å². The van der Waals surface area contributed by atoms with E-state index in [0.717, 1.165) is 41.3 Å². The number of guanidine groups is 1. The van der Waals surface area contributed by atoms with Crippen molar-refractivity contribution in [3.8, 4) is 0 Å². The zero-order chi connectivity index (χ0) is 19.1. The molecular weight excluding hydrogens is 358 g/mol. The molecule has 0 fully saturated rings. The maximum Gasteiger partial charge on any atom is 0.191 e. The van der Waals surface area contributed by atoms with Crippen molar-refractivity contribution >= 4 is 17.3 Å². The first-order chi connectivity index (χ1) is 13.1. The molecule has 142 valence electrons. The lowest BCUT2D eigenvalue weighted by molar-refractivity contribution is 0.711. The molecule has 2 heterocycles. The van der Waals surface area contributed by atoms with Crippen molar-refractivity contribution in [1.29, 1.82) is 0 Å². The zero-order valence-corrected chi connectivity index (χ0v) is 16.8. The van der Waals surface area contributed by atoms with Crippen LogP contribution >= 0.6 is 11.3 Å². The van der Waals surface area contributed by atoms with Crippen LogP contribution in [0.5, 0.6) is 0 Å². The van der Waals surface area contributed by atoms with E-state index in [4.69, 9.17) is 4.99 Å². The van der Waals surface area contributed by atoms with Gasteiger partial charge in [0.15, 0.2) is 11.8 Å². The first kappa shape index (κ1) is 19.0. The van der Waals surface area contributed by atoms with Crippen LogP contribution < -0.4 is 10.6 Å².